The minimum Gasteiger partial charge on any atom is -0.400 e. The van der Waals surface area contributed by atoms with E-state index in [-0.39, 0.29) is 0 Å². The highest BCUT2D eigenvalue weighted by molar-refractivity contribution is 5.80. The quantitative estimate of drug-likeness (QED) is 0.759. The van der Waals surface area contributed by atoms with Gasteiger partial charge in [0, 0.05) is 44.0 Å². The number of carbonyl (C=O) groups is 1. The Morgan fingerprint density at radius 3 is 2.52 bits per heavy atom. The summed E-state index contributed by atoms with van der Waals surface area (Å²) in [5.41, 5.74) is 6.28. The molecule has 1 aliphatic heterocycles. The van der Waals surface area contributed by atoms with E-state index in [0.29, 0.717) is 6.04 Å². The van der Waals surface area contributed by atoms with Crippen LogP contribution in [0.1, 0.15) is 54.1 Å². The van der Waals surface area contributed by atoms with Crippen LogP contribution in [0.4, 0.5) is 5.69 Å². The first-order valence-electron chi connectivity index (χ1n) is 10.4. The minimum atomic E-state index is 0.464. The minimum absolute atomic E-state index is 0.464. The van der Waals surface area contributed by atoms with E-state index < -0.39 is 0 Å². The Hall–Kier alpha value is -2.58. The number of nitrogens with zero attached hydrogens (tertiary/aromatic N) is 3. The summed E-state index contributed by atoms with van der Waals surface area (Å²) in [6, 6.07) is 7.02. The molecule has 1 heterocycles. The van der Waals surface area contributed by atoms with Gasteiger partial charge >= 0.3 is 0 Å². The molecule has 2 aliphatic rings. The Bertz CT molecular complexity index is 812. The van der Waals surface area contributed by atoms with Crippen molar-refractivity contribution in [1.82, 2.24) is 4.90 Å². The fourth-order valence-electron chi connectivity index (χ4n) is 4.40. The number of likely N-dealkylation sites (tertiary alicyclic amines) is 1. The van der Waals surface area contributed by atoms with Gasteiger partial charge in [-0.3, -0.25) is 4.79 Å². The Kier molecular flexibility index (Phi) is 8.48. The molecule has 5 heteroatoms. The smallest absolute Gasteiger partial charge is 0.150 e. The zero-order chi connectivity index (χ0) is 21.4. The van der Waals surface area contributed by atoms with Crippen molar-refractivity contribution in [3.63, 3.8) is 0 Å². The molecule has 0 spiro atoms. The van der Waals surface area contributed by atoms with Gasteiger partial charge in [-0.2, -0.15) is 5.26 Å². The highest BCUT2D eigenvalue weighted by Crippen LogP contribution is 2.31. The highest BCUT2D eigenvalue weighted by atomic mass is 16.2. The predicted molar refractivity (Wildman–Crippen MR) is 118 cm³/mol. The molecule has 29 heavy (non-hydrogen) atoms. The van der Waals surface area contributed by atoms with Crippen molar-refractivity contribution >= 4 is 12.0 Å². The number of hydrogen-bond donors (Lipinski definition) is 1. The van der Waals surface area contributed by atoms with Gasteiger partial charge in [0.1, 0.15) is 6.29 Å². The molecule has 0 amide bonds. The molecule has 5 nitrogen and oxygen atoms in total. The summed E-state index contributed by atoms with van der Waals surface area (Å²) < 4.78 is 0. The summed E-state index contributed by atoms with van der Waals surface area (Å²) in [5.74, 6) is 0. The van der Waals surface area contributed by atoms with Crippen LogP contribution in [0.15, 0.2) is 35.6 Å². The Morgan fingerprint density at radius 2 is 1.93 bits per heavy atom. The summed E-state index contributed by atoms with van der Waals surface area (Å²) in [7, 11) is 1.00. The molecule has 1 aliphatic carbocycles. The van der Waals surface area contributed by atoms with Crippen molar-refractivity contribution in [1.29, 1.82) is 5.26 Å². The molecule has 1 saturated heterocycles. The number of rotatable bonds is 5. The van der Waals surface area contributed by atoms with Gasteiger partial charge in [0.15, 0.2) is 0 Å². The average molecular weight is 396 g/mol. The van der Waals surface area contributed by atoms with Crippen LogP contribution in [0.25, 0.3) is 0 Å². The number of anilines is 1. The van der Waals surface area contributed by atoms with Crippen molar-refractivity contribution in [2.75, 3.05) is 31.6 Å². The molecule has 0 aromatic heterocycles. The van der Waals surface area contributed by atoms with Gasteiger partial charge in [0.05, 0.1) is 17.3 Å². The molecule has 1 fully saturated rings. The lowest BCUT2D eigenvalue weighted by molar-refractivity contribution is 0.112. The number of benzene rings is 1. The molecule has 0 unspecified atom stereocenters. The van der Waals surface area contributed by atoms with Gasteiger partial charge in [0.25, 0.3) is 0 Å². The van der Waals surface area contributed by atoms with E-state index in [9.17, 15) is 10.1 Å². The number of carbonyl (C=O) groups excluding carboxylic acids is 1. The number of aliphatic hydroxyl groups is 1. The predicted octanol–water partition coefficient (Wildman–Crippen LogP) is 4.14. The van der Waals surface area contributed by atoms with Crippen molar-refractivity contribution in [3.05, 3.63) is 52.2 Å². The summed E-state index contributed by atoms with van der Waals surface area (Å²) in [5, 5.41) is 16.4. The van der Waals surface area contributed by atoms with Gasteiger partial charge in [0.2, 0.25) is 0 Å². The third kappa shape index (κ3) is 5.07. The van der Waals surface area contributed by atoms with Crippen molar-refractivity contribution in [2.45, 2.75) is 52.5 Å². The average Bonchev–Trinajstić information content (AvgIpc) is 2.77. The summed E-state index contributed by atoms with van der Waals surface area (Å²) in [6.07, 6.45) is 9.22. The van der Waals surface area contributed by atoms with E-state index in [4.69, 9.17) is 5.11 Å². The van der Waals surface area contributed by atoms with Crippen LogP contribution in [-0.2, 0) is 0 Å². The van der Waals surface area contributed by atoms with Crippen molar-refractivity contribution in [3.8, 4) is 6.07 Å². The molecule has 1 N–H and O–H groups in total. The van der Waals surface area contributed by atoms with Gasteiger partial charge in [-0.25, -0.2) is 0 Å². The normalized spacial score (nSPS) is 16.8. The van der Waals surface area contributed by atoms with Gasteiger partial charge in [-0.05, 0) is 69.7 Å². The molecular weight excluding hydrogens is 362 g/mol. The Labute approximate surface area is 174 Å². The van der Waals surface area contributed by atoms with Crippen LogP contribution in [-0.4, -0.2) is 49.1 Å². The Morgan fingerprint density at radius 1 is 1.24 bits per heavy atom. The van der Waals surface area contributed by atoms with Crippen molar-refractivity contribution < 1.29 is 9.90 Å². The van der Waals surface area contributed by atoms with Crippen LogP contribution in [0.3, 0.4) is 0 Å². The SMILES string of the molecule is CCN(c1cc(C=O)c(C)cc1C)C1CCN(C2=C(C#N)CCC=C2)CC1.CO. The zero-order valence-electron chi connectivity index (χ0n) is 18.1. The number of aliphatic hydroxyl groups excluding tert-OH is 1. The molecular formula is C24H33N3O2. The Balaban J connectivity index is 0.00000145. The summed E-state index contributed by atoms with van der Waals surface area (Å²) in [6.45, 7) is 9.18. The van der Waals surface area contributed by atoms with Gasteiger partial charge in [-0.15, -0.1) is 0 Å². The van der Waals surface area contributed by atoms with E-state index in [2.05, 4.69) is 47.9 Å². The second-order valence-electron chi connectivity index (χ2n) is 7.53. The maximum atomic E-state index is 11.4. The van der Waals surface area contributed by atoms with E-state index in [1.165, 1.54) is 11.3 Å². The molecule has 156 valence electrons. The van der Waals surface area contributed by atoms with Crippen LogP contribution in [0.2, 0.25) is 0 Å². The fraction of sp³-hybridized carbons (Fsp3) is 0.500. The van der Waals surface area contributed by atoms with Crippen LogP contribution >= 0.6 is 0 Å². The number of aldehydes is 1. The van der Waals surface area contributed by atoms with Crippen LogP contribution < -0.4 is 4.90 Å². The van der Waals surface area contributed by atoms with E-state index >= 15 is 0 Å². The number of allylic oxidation sites excluding steroid dienone is 3. The first-order chi connectivity index (χ1) is 14.1. The van der Waals surface area contributed by atoms with Crippen LogP contribution in [0, 0.1) is 25.2 Å². The van der Waals surface area contributed by atoms with E-state index in [1.54, 1.807) is 0 Å². The molecule has 3 rings (SSSR count). The third-order valence-corrected chi connectivity index (χ3v) is 5.89. The summed E-state index contributed by atoms with van der Waals surface area (Å²) >= 11 is 0. The van der Waals surface area contributed by atoms with Gasteiger partial charge < -0.3 is 14.9 Å². The number of piperidine rings is 1. The fourth-order valence-corrected chi connectivity index (χ4v) is 4.40. The standard InChI is InChI=1S/C23H29N3O.CH4O/c1-4-26(23-14-20(16-27)17(2)13-18(23)3)21-9-11-25(12-10-21)22-8-6-5-7-19(22)15-24;1-2/h6,8,13-14,16,21H,4-5,7,9-12H2,1-3H3;2H,1H3. The monoisotopic (exact) mass is 395 g/mol. The number of hydrogen-bond acceptors (Lipinski definition) is 5. The molecule has 0 radical (unpaired) electrons. The maximum Gasteiger partial charge on any atom is 0.150 e. The topological polar surface area (TPSA) is 67.6 Å². The lowest BCUT2D eigenvalue weighted by Gasteiger charge is -2.41. The van der Waals surface area contributed by atoms with Crippen LogP contribution in [0.5, 0.6) is 0 Å². The van der Waals surface area contributed by atoms with Gasteiger partial charge in [-0.1, -0.05) is 12.1 Å². The first-order valence-corrected chi connectivity index (χ1v) is 10.4. The molecule has 1 aromatic carbocycles. The second kappa shape index (κ2) is 10.8. The molecule has 0 bridgehead atoms. The first kappa shape index (κ1) is 22.7. The molecule has 0 saturated carbocycles. The largest absolute Gasteiger partial charge is 0.400 e. The lowest BCUT2D eigenvalue weighted by Crippen LogP contribution is -2.45. The zero-order valence-corrected chi connectivity index (χ0v) is 18.1. The van der Waals surface area contributed by atoms with Crippen molar-refractivity contribution in [2.24, 2.45) is 0 Å². The molecule has 1 aromatic rings. The second-order valence-corrected chi connectivity index (χ2v) is 7.53. The maximum absolute atomic E-state index is 11.4. The van der Waals surface area contributed by atoms with E-state index in [1.807, 2.05) is 13.0 Å². The number of aryl methyl sites for hydroxylation is 2. The van der Waals surface area contributed by atoms with E-state index in [0.717, 1.165) is 81.1 Å². The molecule has 0 atom stereocenters. The third-order valence-electron chi connectivity index (χ3n) is 5.89. The summed E-state index contributed by atoms with van der Waals surface area (Å²) in [4.78, 5) is 16.2. The number of nitriles is 1. The highest BCUT2D eigenvalue weighted by Gasteiger charge is 2.27. The lowest BCUT2D eigenvalue weighted by atomic mass is 9.96.